The van der Waals surface area contributed by atoms with Gasteiger partial charge in [0.2, 0.25) is 0 Å². The Kier molecular flexibility index (Phi) is 8.09. The fourth-order valence-electron chi connectivity index (χ4n) is 3.98. The highest BCUT2D eigenvalue weighted by Crippen LogP contribution is 2.31. The predicted octanol–water partition coefficient (Wildman–Crippen LogP) is 5.70. The van der Waals surface area contributed by atoms with Crippen LogP contribution >= 0.6 is 11.6 Å². The molecule has 10 heteroatoms. The number of aromatic nitrogens is 2. The third kappa shape index (κ3) is 6.01. The third-order valence-electron chi connectivity index (χ3n) is 5.81. The monoisotopic (exact) mass is 537 g/mol. The molecule has 6 nitrogen and oxygen atoms in total. The lowest BCUT2D eigenvalue weighted by Gasteiger charge is -2.26. The van der Waals surface area contributed by atoms with Gasteiger partial charge in [-0.15, -0.1) is 0 Å². The van der Waals surface area contributed by atoms with Crippen molar-refractivity contribution in [3.05, 3.63) is 130 Å². The summed E-state index contributed by atoms with van der Waals surface area (Å²) in [5.74, 6) is 6.11. The molecule has 0 fully saturated rings. The van der Waals surface area contributed by atoms with Crippen LogP contribution in [0.2, 0.25) is 5.02 Å². The van der Waals surface area contributed by atoms with Gasteiger partial charge in [-0.05, 0) is 48.4 Å². The number of hydrogen-bond acceptors (Lipinski definition) is 6. The first-order chi connectivity index (χ1) is 18.2. The minimum atomic E-state index is -4.45. The molecule has 0 saturated carbocycles. The highest BCUT2D eigenvalue weighted by Gasteiger charge is 2.32. The van der Waals surface area contributed by atoms with E-state index in [2.05, 4.69) is 9.97 Å². The van der Waals surface area contributed by atoms with Crippen LogP contribution in [0.5, 0.6) is 0 Å². The van der Waals surface area contributed by atoms with Gasteiger partial charge in [-0.2, -0.15) is 13.2 Å². The fraction of sp³-hybridized carbons (Fsp3) is 0.107. The Hall–Kier alpha value is -4.21. The first-order valence-electron chi connectivity index (χ1n) is 11.5. The van der Waals surface area contributed by atoms with Gasteiger partial charge in [0.05, 0.1) is 39.8 Å². The summed E-state index contributed by atoms with van der Waals surface area (Å²) in [5.41, 5.74) is 8.23. The molecule has 0 aliphatic heterocycles. The molecule has 0 atom stereocenters. The molecular weight excluding hydrogens is 515 g/mol. The van der Waals surface area contributed by atoms with Crippen LogP contribution in [0.3, 0.4) is 0 Å². The van der Waals surface area contributed by atoms with E-state index in [0.717, 1.165) is 12.2 Å². The molecule has 0 amide bonds. The van der Waals surface area contributed by atoms with Crippen LogP contribution in [0, 0.1) is 0 Å². The van der Waals surface area contributed by atoms with Gasteiger partial charge in [-0.3, -0.25) is 14.8 Å². The number of carbonyl (C=O) groups is 1. The fourth-order valence-corrected chi connectivity index (χ4v) is 4.20. The molecule has 4 rings (SSSR count). The van der Waals surface area contributed by atoms with Gasteiger partial charge < -0.3 is 10.7 Å². The lowest BCUT2D eigenvalue weighted by Crippen LogP contribution is -2.33. The largest absolute Gasteiger partial charge is 0.416 e. The average Bonchev–Trinajstić information content (AvgIpc) is 3.15. The zero-order valence-electron chi connectivity index (χ0n) is 20.0. The van der Waals surface area contributed by atoms with Crippen molar-refractivity contribution < 1.29 is 18.0 Å². The molecule has 194 valence electrons. The van der Waals surface area contributed by atoms with Gasteiger partial charge in [0.1, 0.15) is 0 Å². The van der Waals surface area contributed by atoms with Gasteiger partial charge in [-0.25, -0.2) is 5.84 Å². The van der Waals surface area contributed by atoms with Gasteiger partial charge in [0.15, 0.2) is 5.78 Å². The number of nitrogens with two attached hydrogens (primary N) is 2. The number of alkyl halides is 3. The van der Waals surface area contributed by atoms with E-state index in [0.29, 0.717) is 16.8 Å². The van der Waals surface area contributed by atoms with Gasteiger partial charge >= 0.3 is 6.18 Å². The van der Waals surface area contributed by atoms with E-state index in [1.807, 2.05) is 0 Å². The molecule has 0 saturated heterocycles. The van der Waals surface area contributed by atoms with Crippen LogP contribution in [0.1, 0.15) is 33.6 Å². The zero-order chi connectivity index (χ0) is 27.3. The number of hydrogen-bond donors (Lipinski definition) is 2. The zero-order valence-corrected chi connectivity index (χ0v) is 20.7. The van der Waals surface area contributed by atoms with Crippen molar-refractivity contribution in [2.75, 3.05) is 6.54 Å². The SMILES string of the molecule is N/C(=C(/c1ccncc1)N(N)CC1=CC=CC(C(F)(F)F)=CC1)c1ncccc1C(=O)c1ccccc1Cl. The maximum Gasteiger partial charge on any atom is 0.416 e. The van der Waals surface area contributed by atoms with E-state index in [-0.39, 0.29) is 46.3 Å². The summed E-state index contributed by atoms with van der Waals surface area (Å²) >= 11 is 6.26. The van der Waals surface area contributed by atoms with Gasteiger partial charge in [0, 0.05) is 29.7 Å². The first kappa shape index (κ1) is 26.8. The van der Waals surface area contributed by atoms with Crippen LogP contribution < -0.4 is 11.6 Å². The van der Waals surface area contributed by atoms with E-state index >= 15 is 0 Å². The van der Waals surface area contributed by atoms with E-state index in [4.69, 9.17) is 23.2 Å². The van der Waals surface area contributed by atoms with Gasteiger partial charge in [0.25, 0.3) is 0 Å². The van der Waals surface area contributed by atoms with Crippen molar-refractivity contribution in [1.29, 1.82) is 0 Å². The molecule has 2 aromatic heterocycles. The third-order valence-corrected chi connectivity index (χ3v) is 6.14. The topological polar surface area (TPSA) is 98.1 Å². The Balaban J connectivity index is 1.76. The van der Waals surface area contributed by atoms with E-state index in [1.165, 1.54) is 17.3 Å². The molecular formula is C28H23ClF3N5O. The normalized spacial score (nSPS) is 14.2. The summed E-state index contributed by atoms with van der Waals surface area (Å²) in [7, 11) is 0. The van der Waals surface area contributed by atoms with Crippen LogP contribution in [0.4, 0.5) is 13.2 Å². The van der Waals surface area contributed by atoms with E-state index in [9.17, 15) is 18.0 Å². The number of hydrazine groups is 1. The number of rotatable bonds is 7. The number of nitrogens with zero attached hydrogens (tertiary/aromatic N) is 3. The second kappa shape index (κ2) is 11.5. The summed E-state index contributed by atoms with van der Waals surface area (Å²) in [5, 5.41) is 1.61. The number of benzene rings is 1. The highest BCUT2D eigenvalue weighted by atomic mass is 35.5. The number of carbonyl (C=O) groups excluding carboxylic acids is 1. The number of pyridine rings is 2. The summed E-state index contributed by atoms with van der Waals surface area (Å²) in [6.45, 7) is 0.0605. The lowest BCUT2D eigenvalue weighted by atomic mass is 9.98. The Morgan fingerprint density at radius 3 is 2.45 bits per heavy atom. The number of halogens is 4. The predicted molar refractivity (Wildman–Crippen MR) is 141 cm³/mol. The second-order valence-electron chi connectivity index (χ2n) is 8.38. The van der Waals surface area contributed by atoms with Crippen molar-refractivity contribution in [3.8, 4) is 0 Å². The molecule has 4 N–H and O–H groups in total. The second-order valence-corrected chi connectivity index (χ2v) is 8.79. The lowest BCUT2D eigenvalue weighted by molar-refractivity contribution is -0.0883. The molecule has 1 aromatic carbocycles. The quantitative estimate of drug-likeness (QED) is 0.228. The van der Waals surface area contributed by atoms with Crippen molar-refractivity contribution >= 4 is 28.8 Å². The first-order valence-corrected chi connectivity index (χ1v) is 11.8. The Bertz CT molecular complexity index is 1460. The standard InChI is InChI=1S/C28H23ClF3N5O/c29-23-9-2-1-7-21(23)27(38)22-8-4-14-36-25(22)24(33)26(19-12-15-35-16-13-19)37(34)17-18-5-3-6-20(11-10-18)28(30,31)32/h1-9,11-16H,10,17,33-34H2/b26-24-. The Morgan fingerprint density at radius 1 is 1.03 bits per heavy atom. The molecule has 3 aromatic rings. The average molecular weight is 538 g/mol. The van der Waals surface area contributed by atoms with Crippen molar-refractivity contribution in [2.24, 2.45) is 11.6 Å². The van der Waals surface area contributed by atoms with Crippen LogP contribution in [-0.2, 0) is 0 Å². The van der Waals surface area contributed by atoms with Crippen molar-refractivity contribution in [2.45, 2.75) is 12.6 Å². The van der Waals surface area contributed by atoms with Crippen molar-refractivity contribution in [3.63, 3.8) is 0 Å². The number of ketones is 1. The van der Waals surface area contributed by atoms with Gasteiger partial charge in [-0.1, -0.05) is 48.0 Å². The molecule has 38 heavy (non-hydrogen) atoms. The smallest absolute Gasteiger partial charge is 0.395 e. The van der Waals surface area contributed by atoms with E-state index in [1.54, 1.807) is 67.0 Å². The molecule has 2 heterocycles. The summed E-state index contributed by atoms with van der Waals surface area (Å²) in [6.07, 6.45) is 5.25. The molecule has 0 bridgehead atoms. The van der Waals surface area contributed by atoms with Crippen molar-refractivity contribution in [1.82, 2.24) is 15.0 Å². The molecule has 1 aliphatic rings. The minimum absolute atomic E-state index is 0.0406. The Labute approximate surface area is 222 Å². The highest BCUT2D eigenvalue weighted by molar-refractivity contribution is 6.35. The maximum atomic E-state index is 13.4. The molecule has 1 aliphatic carbocycles. The summed E-state index contributed by atoms with van der Waals surface area (Å²) < 4.78 is 39.5. The maximum absolute atomic E-state index is 13.4. The summed E-state index contributed by atoms with van der Waals surface area (Å²) in [4.78, 5) is 21.8. The van der Waals surface area contributed by atoms with Crippen LogP contribution in [-0.4, -0.2) is 33.5 Å². The minimum Gasteiger partial charge on any atom is -0.395 e. The van der Waals surface area contributed by atoms with Crippen LogP contribution in [0.25, 0.3) is 11.4 Å². The summed E-state index contributed by atoms with van der Waals surface area (Å²) in [6, 6.07) is 13.2. The van der Waals surface area contributed by atoms with E-state index < -0.39 is 11.7 Å². The molecule has 0 radical (unpaired) electrons. The van der Waals surface area contributed by atoms with Crippen LogP contribution in [0.15, 0.2) is 103 Å². The Morgan fingerprint density at radius 2 is 1.74 bits per heavy atom. The number of allylic oxidation sites excluding steroid dienone is 5. The molecule has 0 unspecified atom stereocenters. The molecule has 0 spiro atoms.